The van der Waals surface area contributed by atoms with Crippen molar-refractivity contribution in [3.8, 4) is 5.69 Å². The van der Waals surface area contributed by atoms with Crippen LogP contribution >= 0.6 is 0 Å². The van der Waals surface area contributed by atoms with Gasteiger partial charge in [-0.05, 0) is 49.4 Å². The Hall–Kier alpha value is -3.76. The lowest BCUT2D eigenvalue weighted by Gasteiger charge is -2.11. The van der Waals surface area contributed by atoms with Crippen LogP contribution in [0.4, 0.5) is 32.4 Å². The van der Waals surface area contributed by atoms with Gasteiger partial charge in [-0.25, -0.2) is 18.3 Å². The van der Waals surface area contributed by atoms with E-state index in [4.69, 9.17) is 0 Å². The van der Waals surface area contributed by atoms with Crippen molar-refractivity contribution in [1.82, 2.24) is 15.1 Å². The van der Waals surface area contributed by atoms with Crippen molar-refractivity contribution < 1.29 is 31.5 Å². The highest BCUT2D eigenvalue weighted by Crippen LogP contribution is 2.31. The van der Waals surface area contributed by atoms with E-state index in [0.29, 0.717) is 4.68 Å². The van der Waals surface area contributed by atoms with E-state index in [0.717, 1.165) is 24.3 Å². The van der Waals surface area contributed by atoms with Crippen molar-refractivity contribution in [2.24, 2.45) is 0 Å². The van der Waals surface area contributed by atoms with E-state index >= 15 is 0 Å². The maximum Gasteiger partial charge on any atom is 0.433 e. The Bertz CT molecular complexity index is 1090. The summed E-state index contributed by atoms with van der Waals surface area (Å²) in [6.45, 7) is 1.42. The van der Waals surface area contributed by atoms with Crippen LogP contribution in [0, 0.1) is 18.6 Å². The first-order chi connectivity index (χ1) is 14.1. The lowest BCUT2D eigenvalue weighted by molar-refractivity contribution is -0.142. The van der Waals surface area contributed by atoms with Crippen LogP contribution < -0.4 is 10.6 Å². The van der Waals surface area contributed by atoms with Gasteiger partial charge in [0.05, 0.1) is 11.4 Å². The normalized spacial score (nSPS) is 11.3. The van der Waals surface area contributed by atoms with Gasteiger partial charge in [-0.3, -0.25) is 10.1 Å². The Kier molecular flexibility index (Phi) is 5.54. The van der Waals surface area contributed by atoms with Gasteiger partial charge >= 0.3 is 12.2 Å². The van der Waals surface area contributed by atoms with Gasteiger partial charge in [-0.15, -0.1) is 0 Å². The van der Waals surface area contributed by atoms with Gasteiger partial charge in [-0.2, -0.15) is 18.3 Å². The minimum atomic E-state index is -4.61. The molecule has 3 amide bonds. The molecule has 0 radical (unpaired) electrons. The van der Waals surface area contributed by atoms with Crippen molar-refractivity contribution in [1.29, 1.82) is 0 Å². The Morgan fingerprint density at radius 3 is 2.17 bits per heavy atom. The quantitative estimate of drug-likeness (QED) is 0.611. The molecule has 0 fully saturated rings. The molecule has 0 saturated heterocycles. The molecule has 30 heavy (non-hydrogen) atoms. The lowest BCUT2D eigenvalue weighted by atomic mass is 10.2. The van der Waals surface area contributed by atoms with Crippen molar-refractivity contribution in [2.45, 2.75) is 13.1 Å². The smallest absolute Gasteiger partial charge is 0.308 e. The lowest BCUT2D eigenvalue weighted by Crippen LogP contribution is -2.35. The number of carbonyl (C=O) groups is 2. The zero-order valence-electron chi connectivity index (χ0n) is 15.2. The number of halogens is 5. The van der Waals surface area contributed by atoms with Crippen LogP contribution in [0.2, 0.25) is 0 Å². The molecule has 6 nitrogen and oxygen atoms in total. The summed E-state index contributed by atoms with van der Waals surface area (Å²) in [7, 11) is 0. The number of carbonyl (C=O) groups excluding carboxylic acids is 2. The molecule has 2 N–H and O–H groups in total. The van der Waals surface area contributed by atoms with Gasteiger partial charge in [0, 0.05) is 5.69 Å². The minimum Gasteiger partial charge on any atom is -0.308 e. The van der Waals surface area contributed by atoms with Crippen LogP contribution in [0.3, 0.4) is 0 Å². The van der Waals surface area contributed by atoms with E-state index in [2.05, 4.69) is 10.4 Å². The second-order valence-electron chi connectivity index (χ2n) is 6.13. The van der Waals surface area contributed by atoms with Gasteiger partial charge in [0.25, 0.3) is 5.91 Å². The predicted octanol–water partition coefficient (Wildman–Crippen LogP) is 4.44. The molecule has 3 aromatic rings. The Morgan fingerprint density at radius 2 is 1.60 bits per heavy atom. The number of rotatable bonds is 3. The van der Waals surface area contributed by atoms with E-state index < -0.39 is 41.0 Å². The first-order valence-electron chi connectivity index (χ1n) is 8.37. The number of nitrogens with one attached hydrogen (secondary N) is 2. The highest BCUT2D eigenvalue weighted by atomic mass is 19.4. The van der Waals surface area contributed by atoms with Crippen LogP contribution in [0.1, 0.15) is 21.7 Å². The molecule has 0 atom stereocenters. The second-order valence-corrected chi connectivity index (χ2v) is 6.13. The molecule has 0 unspecified atom stereocenters. The second kappa shape index (κ2) is 7.93. The first kappa shape index (κ1) is 21.0. The van der Waals surface area contributed by atoms with Crippen LogP contribution in [-0.2, 0) is 6.18 Å². The Balaban J connectivity index is 1.72. The van der Waals surface area contributed by atoms with E-state index in [1.54, 1.807) is 5.32 Å². The topological polar surface area (TPSA) is 76.0 Å². The zero-order chi connectivity index (χ0) is 22.1. The molecule has 0 aliphatic heterocycles. The van der Waals surface area contributed by atoms with Crippen molar-refractivity contribution in [3.05, 3.63) is 77.1 Å². The monoisotopic (exact) mass is 424 g/mol. The van der Waals surface area contributed by atoms with E-state index in [1.165, 1.54) is 31.2 Å². The van der Waals surface area contributed by atoms with Crippen molar-refractivity contribution >= 4 is 17.6 Å². The Morgan fingerprint density at radius 1 is 1.00 bits per heavy atom. The molecular formula is C19H13F5N4O2. The molecule has 3 rings (SSSR count). The van der Waals surface area contributed by atoms with Crippen LogP contribution in [0.25, 0.3) is 5.69 Å². The number of nitrogens with zero attached hydrogens (tertiary/aromatic N) is 2. The van der Waals surface area contributed by atoms with Crippen molar-refractivity contribution in [2.75, 3.05) is 5.32 Å². The summed E-state index contributed by atoms with van der Waals surface area (Å²) in [4.78, 5) is 23.8. The fraction of sp³-hybridized carbons (Fsp3) is 0.105. The molecule has 0 spiro atoms. The number of anilines is 1. The number of aromatic nitrogens is 2. The van der Waals surface area contributed by atoms with Crippen molar-refractivity contribution in [3.63, 3.8) is 0 Å². The molecular weight excluding hydrogens is 411 g/mol. The number of amides is 3. The van der Waals surface area contributed by atoms with Crippen LogP contribution in [0.15, 0.2) is 48.5 Å². The third kappa shape index (κ3) is 4.45. The van der Waals surface area contributed by atoms with Gasteiger partial charge in [0.15, 0.2) is 0 Å². The number of benzene rings is 2. The van der Waals surface area contributed by atoms with Crippen LogP contribution in [0.5, 0.6) is 0 Å². The number of aryl methyl sites for hydroxylation is 1. The highest BCUT2D eigenvalue weighted by molar-refractivity contribution is 6.08. The van der Waals surface area contributed by atoms with Gasteiger partial charge < -0.3 is 5.32 Å². The summed E-state index contributed by atoms with van der Waals surface area (Å²) in [6, 6.07) is 7.70. The number of hydrogen-bond donors (Lipinski definition) is 2. The van der Waals surface area contributed by atoms with E-state index in [1.807, 2.05) is 0 Å². The number of imide groups is 1. The zero-order valence-corrected chi connectivity index (χ0v) is 15.2. The van der Waals surface area contributed by atoms with Crippen LogP contribution in [-0.4, -0.2) is 21.7 Å². The molecule has 0 saturated carbocycles. The summed E-state index contributed by atoms with van der Waals surface area (Å²) in [5.74, 6) is -3.57. The summed E-state index contributed by atoms with van der Waals surface area (Å²) in [5.41, 5.74) is -1.50. The molecule has 0 bridgehead atoms. The molecule has 1 heterocycles. The molecule has 0 aliphatic carbocycles. The average molecular weight is 424 g/mol. The molecule has 2 aromatic carbocycles. The summed E-state index contributed by atoms with van der Waals surface area (Å²) in [5, 5.41) is 7.82. The number of alkyl halides is 3. The van der Waals surface area contributed by atoms with Gasteiger partial charge in [0.2, 0.25) is 0 Å². The Labute approximate surface area is 166 Å². The maximum absolute atomic E-state index is 13.6. The summed E-state index contributed by atoms with van der Waals surface area (Å²) >= 11 is 0. The standard InChI is InChI=1S/C19H13F5N4O2/c1-10-9-15(19(22,23)24)28(27-10)12-7-5-11(6-8-12)25-18(30)26-17(29)16-13(20)3-2-4-14(16)21/h2-9H,1H3,(H2,25,26,29,30). The van der Waals surface area contributed by atoms with Gasteiger partial charge in [0.1, 0.15) is 22.9 Å². The maximum atomic E-state index is 13.6. The third-order valence-electron chi connectivity index (χ3n) is 3.91. The fourth-order valence-corrected chi connectivity index (χ4v) is 2.63. The predicted molar refractivity (Wildman–Crippen MR) is 96.1 cm³/mol. The first-order valence-corrected chi connectivity index (χ1v) is 8.37. The SMILES string of the molecule is Cc1cc(C(F)(F)F)n(-c2ccc(NC(=O)NC(=O)c3c(F)cccc3F)cc2)n1. The molecule has 156 valence electrons. The summed E-state index contributed by atoms with van der Waals surface area (Å²) in [6.07, 6.45) is -4.61. The average Bonchev–Trinajstić information content (AvgIpc) is 3.04. The molecule has 1 aromatic heterocycles. The minimum absolute atomic E-state index is 0.0888. The fourth-order valence-electron chi connectivity index (χ4n) is 2.63. The largest absolute Gasteiger partial charge is 0.433 e. The molecule has 0 aliphatic rings. The summed E-state index contributed by atoms with van der Waals surface area (Å²) < 4.78 is 67.2. The third-order valence-corrected chi connectivity index (χ3v) is 3.91. The van der Waals surface area contributed by atoms with Gasteiger partial charge in [-0.1, -0.05) is 6.07 Å². The van der Waals surface area contributed by atoms with E-state index in [9.17, 15) is 31.5 Å². The van der Waals surface area contributed by atoms with E-state index in [-0.39, 0.29) is 17.1 Å². The number of urea groups is 1. The highest BCUT2D eigenvalue weighted by Gasteiger charge is 2.35. The molecule has 11 heteroatoms. The number of hydrogen-bond acceptors (Lipinski definition) is 3.